The first-order valence-corrected chi connectivity index (χ1v) is 4.47. The van der Waals surface area contributed by atoms with Crippen LogP contribution in [0.3, 0.4) is 0 Å². The lowest BCUT2D eigenvalue weighted by Gasteiger charge is -2.11. The number of halogens is 1. The van der Waals surface area contributed by atoms with E-state index < -0.39 is 6.04 Å². The van der Waals surface area contributed by atoms with Crippen molar-refractivity contribution >= 4 is 23.3 Å². The van der Waals surface area contributed by atoms with E-state index in [1.54, 1.807) is 25.3 Å². The Balaban J connectivity index is 2.60. The van der Waals surface area contributed by atoms with Gasteiger partial charge in [-0.15, -0.1) is 0 Å². The van der Waals surface area contributed by atoms with Gasteiger partial charge in [0.05, 0.1) is 19.0 Å². The molecule has 0 aliphatic heterocycles. The van der Waals surface area contributed by atoms with E-state index in [2.05, 4.69) is 15.0 Å². The Bertz CT molecular complexity index is 313. The summed E-state index contributed by atoms with van der Waals surface area (Å²) >= 11 is 5.61. The van der Waals surface area contributed by atoms with E-state index in [4.69, 9.17) is 11.6 Å². The molecule has 0 aromatic carbocycles. The Labute approximate surface area is 87.2 Å². The molecule has 1 rings (SSSR count). The molecule has 0 bridgehead atoms. The molecule has 5 heteroatoms. The zero-order valence-corrected chi connectivity index (χ0v) is 8.71. The van der Waals surface area contributed by atoms with Gasteiger partial charge in [0, 0.05) is 0 Å². The number of pyridine rings is 1. The second kappa shape index (κ2) is 4.81. The highest BCUT2D eigenvalue weighted by Gasteiger charge is 2.11. The van der Waals surface area contributed by atoms with Crippen molar-refractivity contribution in [2.45, 2.75) is 13.0 Å². The van der Waals surface area contributed by atoms with Crippen LogP contribution in [0.15, 0.2) is 18.3 Å². The number of hydrogen-bond donors (Lipinski definition) is 1. The number of nitrogens with one attached hydrogen (secondary N) is 1. The molecule has 0 radical (unpaired) electrons. The molecule has 0 saturated heterocycles. The molecule has 1 aromatic rings. The summed E-state index contributed by atoms with van der Waals surface area (Å²) < 4.78 is 4.56. The van der Waals surface area contributed by atoms with Crippen molar-refractivity contribution in [2.75, 3.05) is 12.4 Å². The molecule has 0 amide bonds. The molecule has 1 N–H and O–H groups in total. The fraction of sp³-hybridized carbons (Fsp3) is 0.333. The van der Waals surface area contributed by atoms with Crippen molar-refractivity contribution in [2.24, 2.45) is 0 Å². The van der Waals surface area contributed by atoms with Gasteiger partial charge in [-0.2, -0.15) is 0 Å². The minimum atomic E-state index is -0.400. The van der Waals surface area contributed by atoms with E-state index in [0.717, 1.165) is 5.69 Å². The summed E-state index contributed by atoms with van der Waals surface area (Å²) in [5.74, 6) is -0.319. The maximum Gasteiger partial charge on any atom is 0.327 e. The summed E-state index contributed by atoms with van der Waals surface area (Å²) in [6.45, 7) is 1.71. The third-order valence-electron chi connectivity index (χ3n) is 1.67. The standard InChI is InChI=1S/C9H11ClN2O2/c1-6(9(13)14-2)12-7-3-4-8(10)11-5-7/h3-6,12H,1-2H3. The summed E-state index contributed by atoms with van der Waals surface area (Å²) in [6.07, 6.45) is 1.56. The van der Waals surface area contributed by atoms with Crippen LogP contribution in [0.25, 0.3) is 0 Å². The molecule has 0 aliphatic rings. The van der Waals surface area contributed by atoms with E-state index in [0.29, 0.717) is 5.15 Å². The molecule has 1 aromatic heterocycles. The summed E-state index contributed by atoms with van der Waals surface area (Å²) in [6, 6.07) is 2.99. The summed E-state index contributed by atoms with van der Waals surface area (Å²) in [5.41, 5.74) is 0.729. The van der Waals surface area contributed by atoms with Crippen LogP contribution in [0.4, 0.5) is 5.69 Å². The Hall–Kier alpha value is -1.29. The van der Waals surface area contributed by atoms with Crippen molar-refractivity contribution in [1.82, 2.24) is 4.98 Å². The highest BCUT2D eigenvalue weighted by atomic mass is 35.5. The lowest BCUT2D eigenvalue weighted by Crippen LogP contribution is -2.27. The molecule has 0 saturated carbocycles. The predicted octanol–water partition coefficient (Wildman–Crippen LogP) is 1.71. The number of aromatic nitrogens is 1. The van der Waals surface area contributed by atoms with Gasteiger partial charge in [0.25, 0.3) is 0 Å². The zero-order valence-electron chi connectivity index (χ0n) is 7.95. The van der Waals surface area contributed by atoms with Gasteiger partial charge in [-0.1, -0.05) is 11.6 Å². The average Bonchev–Trinajstić information content (AvgIpc) is 2.20. The Kier molecular flexibility index (Phi) is 3.71. The summed E-state index contributed by atoms with van der Waals surface area (Å²) in [4.78, 5) is 14.9. The van der Waals surface area contributed by atoms with Gasteiger partial charge in [0.1, 0.15) is 11.2 Å². The minimum Gasteiger partial charge on any atom is -0.467 e. The van der Waals surface area contributed by atoms with E-state index in [-0.39, 0.29) is 5.97 Å². The predicted molar refractivity (Wildman–Crippen MR) is 54.3 cm³/mol. The molecule has 1 unspecified atom stereocenters. The quantitative estimate of drug-likeness (QED) is 0.615. The average molecular weight is 215 g/mol. The third kappa shape index (κ3) is 2.88. The molecule has 1 atom stereocenters. The topological polar surface area (TPSA) is 51.2 Å². The van der Waals surface area contributed by atoms with E-state index >= 15 is 0 Å². The molecule has 14 heavy (non-hydrogen) atoms. The number of methoxy groups -OCH3 is 1. The van der Waals surface area contributed by atoms with E-state index in [9.17, 15) is 4.79 Å². The van der Waals surface area contributed by atoms with Gasteiger partial charge in [0.2, 0.25) is 0 Å². The molecule has 1 heterocycles. The van der Waals surface area contributed by atoms with Crippen LogP contribution in [-0.2, 0) is 9.53 Å². The fourth-order valence-electron chi connectivity index (χ4n) is 0.947. The highest BCUT2D eigenvalue weighted by Crippen LogP contribution is 2.10. The lowest BCUT2D eigenvalue weighted by atomic mass is 10.3. The monoisotopic (exact) mass is 214 g/mol. The van der Waals surface area contributed by atoms with Crippen LogP contribution in [0, 0.1) is 0 Å². The molecule has 0 fully saturated rings. The second-order valence-corrected chi connectivity index (χ2v) is 3.15. The molecule has 4 nitrogen and oxygen atoms in total. The number of ether oxygens (including phenoxy) is 1. The molecule has 76 valence electrons. The van der Waals surface area contributed by atoms with Crippen LogP contribution in [0.2, 0.25) is 5.15 Å². The zero-order chi connectivity index (χ0) is 10.6. The SMILES string of the molecule is COC(=O)C(C)Nc1ccc(Cl)nc1. The Morgan fingerprint density at radius 1 is 1.64 bits per heavy atom. The van der Waals surface area contributed by atoms with Crippen LogP contribution in [0.1, 0.15) is 6.92 Å². The minimum absolute atomic E-state index is 0.319. The van der Waals surface area contributed by atoms with Gasteiger partial charge >= 0.3 is 5.97 Å². The van der Waals surface area contributed by atoms with Crippen molar-refractivity contribution in [3.05, 3.63) is 23.5 Å². The number of esters is 1. The smallest absolute Gasteiger partial charge is 0.327 e. The van der Waals surface area contributed by atoms with Crippen molar-refractivity contribution in [3.8, 4) is 0 Å². The molecular weight excluding hydrogens is 204 g/mol. The Morgan fingerprint density at radius 3 is 2.86 bits per heavy atom. The highest BCUT2D eigenvalue weighted by molar-refractivity contribution is 6.29. The molecular formula is C9H11ClN2O2. The van der Waals surface area contributed by atoms with Crippen molar-refractivity contribution in [3.63, 3.8) is 0 Å². The van der Waals surface area contributed by atoms with Gasteiger partial charge in [-0.3, -0.25) is 0 Å². The molecule has 0 spiro atoms. The Morgan fingerprint density at radius 2 is 2.36 bits per heavy atom. The van der Waals surface area contributed by atoms with E-state index in [1.165, 1.54) is 7.11 Å². The summed E-state index contributed by atoms with van der Waals surface area (Å²) in [5, 5.41) is 3.34. The lowest BCUT2D eigenvalue weighted by molar-refractivity contribution is -0.141. The number of anilines is 1. The van der Waals surface area contributed by atoms with Gasteiger partial charge in [0.15, 0.2) is 0 Å². The van der Waals surface area contributed by atoms with Crippen LogP contribution >= 0.6 is 11.6 Å². The second-order valence-electron chi connectivity index (χ2n) is 2.76. The number of nitrogens with zero attached hydrogens (tertiary/aromatic N) is 1. The largest absolute Gasteiger partial charge is 0.467 e. The van der Waals surface area contributed by atoms with Crippen LogP contribution in [-0.4, -0.2) is 24.1 Å². The fourth-order valence-corrected chi connectivity index (χ4v) is 1.06. The van der Waals surface area contributed by atoms with E-state index in [1.807, 2.05) is 0 Å². The van der Waals surface area contributed by atoms with Crippen LogP contribution < -0.4 is 5.32 Å². The number of hydrogen-bond acceptors (Lipinski definition) is 4. The first kappa shape index (κ1) is 10.8. The third-order valence-corrected chi connectivity index (χ3v) is 1.89. The maximum absolute atomic E-state index is 11.1. The number of carbonyl (C=O) groups excluding carboxylic acids is 1. The maximum atomic E-state index is 11.1. The van der Waals surface area contributed by atoms with Crippen LogP contribution in [0.5, 0.6) is 0 Å². The number of carbonyl (C=O) groups is 1. The first-order valence-electron chi connectivity index (χ1n) is 4.09. The first-order chi connectivity index (χ1) is 6.63. The van der Waals surface area contributed by atoms with Crippen molar-refractivity contribution in [1.29, 1.82) is 0 Å². The van der Waals surface area contributed by atoms with Gasteiger partial charge in [-0.25, -0.2) is 9.78 Å². The number of rotatable bonds is 3. The van der Waals surface area contributed by atoms with Crippen molar-refractivity contribution < 1.29 is 9.53 Å². The summed E-state index contributed by atoms with van der Waals surface area (Å²) in [7, 11) is 1.35. The van der Waals surface area contributed by atoms with Gasteiger partial charge in [-0.05, 0) is 19.1 Å². The van der Waals surface area contributed by atoms with Gasteiger partial charge < -0.3 is 10.1 Å². The normalized spacial score (nSPS) is 11.9. The molecule has 0 aliphatic carbocycles.